The molecule has 0 saturated carbocycles. The molecule has 0 unspecified atom stereocenters. The minimum atomic E-state index is -0.616. The summed E-state index contributed by atoms with van der Waals surface area (Å²) < 4.78 is 27.4. The van der Waals surface area contributed by atoms with Gasteiger partial charge in [0.05, 0.1) is 0 Å². The molecule has 2 nitrogen and oxygen atoms in total. The summed E-state index contributed by atoms with van der Waals surface area (Å²) in [5, 5.41) is 2.77. The first-order valence-corrected chi connectivity index (χ1v) is 5.57. The Morgan fingerprint density at radius 1 is 1.00 bits per heavy atom. The highest BCUT2D eigenvalue weighted by molar-refractivity contribution is 5.67. The summed E-state index contributed by atoms with van der Waals surface area (Å²) in [5.74, 6) is -1.19. The van der Waals surface area contributed by atoms with Crippen molar-refractivity contribution in [3.63, 3.8) is 0 Å². The molecule has 0 spiro atoms. The van der Waals surface area contributed by atoms with Crippen molar-refractivity contribution < 1.29 is 8.78 Å². The van der Waals surface area contributed by atoms with Gasteiger partial charge in [0.1, 0.15) is 11.5 Å². The average Bonchev–Trinajstić information content (AvgIpc) is 2.32. The molecular weight excluding hydrogens is 234 g/mol. The molecule has 2 rings (SSSR count). The van der Waals surface area contributed by atoms with E-state index in [1.807, 2.05) is 6.92 Å². The van der Waals surface area contributed by atoms with Crippen molar-refractivity contribution in [3.8, 4) is 0 Å². The molecule has 0 fully saturated rings. The number of halogens is 2. The summed E-state index contributed by atoms with van der Waals surface area (Å²) in [6, 6.07) is 7.78. The molecular formula is C14H14F2N2. The molecule has 0 aromatic heterocycles. The zero-order valence-corrected chi connectivity index (χ0v) is 10.2. The number of aryl methyl sites for hydroxylation is 2. The third kappa shape index (κ3) is 2.27. The van der Waals surface area contributed by atoms with Crippen LogP contribution >= 0.6 is 0 Å². The van der Waals surface area contributed by atoms with E-state index in [-0.39, 0.29) is 5.69 Å². The first kappa shape index (κ1) is 12.4. The van der Waals surface area contributed by atoms with Crippen LogP contribution in [0.25, 0.3) is 0 Å². The van der Waals surface area contributed by atoms with Crippen LogP contribution in [0.3, 0.4) is 0 Å². The molecule has 4 heteroatoms. The van der Waals surface area contributed by atoms with E-state index < -0.39 is 11.6 Å². The molecule has 0 aliphatic rings. The normalized spacial score (nSPS) is 10.4. The van der Waals surface area contributed by atoms with Gasteiger partial charge in [-0.15, -0.1) is 0 Å². The number of nitrogen functional groups attached to an aromatic ring is 1. The number of hydrogen-bond acceptors (Lipinski definition) is 2. The van der Waals surface area contributed by atoms with Crippen molar-refractivity contribution in [2.75, 3.05) is 11.1 Å². The number of anilines is 3. The van der Waals surface area contributed by atoms with Crippen molar-refractivity contribution >= 4 is 17.1 Å². The van der Waals surface area contributed by atoms with Crippen LogP contribution in [0.1, 0.15) is 11.1 Å². The Bertz CT molecular complexity index is 595. The Morgan fingerprint density at radius 3 is 2.39 bits per heavy atom. The van der Waals surface area contributed by atoms with Gasteiger partial charge in [-0.1, -0.05) is 6.07 Å². The number of hydrogen-bond donors (Lipinski definition) is 2. The maximum Gasteiger partial charge on any atom is 0.152 e. The van der Waals surface area contributed by atoms with Gasteiger partial charge in [-0.2, -0.15) is 0 Å². The Kier molecular flexibility index (Phi) is 3.19. The summed E-state index contributed by atoms with van der Waals surface area (Å²) in [4.78, 5) is 0. The third-order valence-corrected chi connectivity index (χ3v) is 2.79. The number of benzene rings is 2. The van der Waals surface area contributed by atoms with Gasteiger partial charge in [0, 0.05) is 11.4 Å². The molecule has 0 bridgehead atoms. The van der Waals surface area contributed by atoms with E-state index in [1.165, 1.54) is 12.1 Å². The van der Waals surface area contributed by atoms with Crippen LogP contribution in [0, 0.1) is 25.5 Å². The standard InChI is InChI=1S/C14H14F2N2/c1-8-3-5-11(15)14(13(8)16)18-12-6-4-10(17)7-9(12)2/h3-7,18H,17H2,1-2H3. The second-order valence-electron chi connectivity index (χ2n) is 4.25. The molecule has 18 heavy (non-hydrogen) atoms. The quantitative estimate of drug-likeness (QED) is 0.791. The van der Waals surface area contributed by atoms with Gasteiger partial charge in [0.25, 0.3) is 0 Å². The zero-order chi connectivity index (χ0) is 13.3. The Labute approximate surface area is 104 Å². The van der Waals surface area contributed by atoms with Gasteiger partial charge < -0.3 is 11.1 Å². The molecule has 0 heterocycles. The van der Waals surface area contributed by atoms with Crippen molar-refractivity contribution in [2.45, 2.75) is 13.8 Å². The maximum absolute atomic E-state index is 13.8. The molecule has 0 atom stereocenters. The van der Waals surface area contributed by atoms with E-state index in [2.05, 4.69) is 5.32 Å². The van der Waals surface area contributed by atoms with Crippen LogP contribution in [0.5, 0.6) is 0 Å². The van der Waals surface area contributed by atoms with E-state index >= 15 is 0 Å². The van der Waals surface area contributed by atoms with E-state index in [1.54, 1.807) is 25.1 Å². The molecule has 2 aromatic carbocycles. The van der Waals surface area contributed by atoms with Crippen LogP contribution in [-0.4, -0.2) is 0 Å². The monoisotopic (exact) mass is 248 g/mol. The molecule has 3 N–H and O–H groups in total. The number of rotatable bonds is 2. The summed E-state index contributed by atoms with van der Waals surface area (Å²) in [6.07, 6.45) is 0. The Hall–Kier alpha value is -2.10. The first-order valence-electron chi connectivity index (χ1n) is 5.57. The zero-order valence-electron chi connectivity index (χ0n) is 10.2. The second kappa shape index (κ2) is 4.64. The van der Waals surface area contributed by atoms with Crippen LogP contribution in [0.15, 0.2) is 30.3 Å². The molecule has 94 valence electrons. The Morgan fingerprint density at radius 2 is 1.72 bits per heavy atom. The minimum Gasteiger partial charge on any atom is -0.399 e. The van der Waals surface area contributed by atoms with Crippen molar-refractivity contribution in [1.29, 1.82) is 0 Å². The lowest BCUT2D eigenvalue weighted by Gasteiger charge is -2.12. The molecule has 0 saturated heterocycles. The molecule has 0 amide bonds. The van der Waals surface area contributed by atoms with Crippen LogP contribution in [0.2, 0.25) is 0 Å². The molecule has 0 radical (unpaired) electrons. The lowest BCUT2D eigenvalue weighted by molar-refractivity contribution is 0.585. The smallest absolute Gasteiger partial charge is 0.152 e. The number of nitrogens with two attached hydrogens (primary N) is 1. The highest BCUT2D eigenvalue weighted by Crippen LogP contribution is 2.27. The molecule has 2 aromatic rings. The van der Waals surface area contributed by atoms with Crippen molar-refractivity contribution in [2.24, 2.45) is 0 Å². The fourth-order valence-electron chi connectivity index (χ4n) is 1.73. The van der Waals surface area contributed by atoms with Gasteiger partial charge in [-0.25, -0.2) is 8.78 Å². The molecule has 0 aliphatic heterocycles. The lowest BCUT2D eigenvalue weighted by atomic mass is 10.1. The van der Waals surface area contributed by atoms with Crippen LogP contribution < -0.4 is 11.1 Å². The number of nitrogens with one attached hydrogen (secondary N) is 1. The van der Waals surface area contributed by atoms with Gasteiger partial charge >= 0.3 is 0 Å². The van der Waals surface area contributed by atoms with Crippen LogP contribution in [0.4, 0.5) is 25.8 Å². The van der Waals surface area contributed by atoms with Gasteiger partial charge in [-0.3, -0.25) is 0 Å². The summed E-state index contributed by atoms with van der Waals surface area (Å²) in [5.41, 5.74) is 7.96. The topological polar surface area (TPSA) is 38.0 Å². The predicted molar refractivity (Wildman–Crippen MR) is 70.0 cm³/mol. The van der Waals surface area contributed by atoms with E-state index in [4.69, 9.17) is 5.73 Å². The third-order valence-electron chi connectivity index (χ3n) is 2.79. The summed E-state index contributed by atoms with van der Waals surface area (Å²) >= 11 is 0. The maximum atomic E-state index is 13.8. The SMILES string of the molecule is Cc1cc(N)ccc1Nc1c(F)ccc(C)c1F. The van der Waals surface area contributed by atoms with Gasteiger partial charge in [0.2, 0.25) is 0 Å². The van der Waals surface area contributed by atoms with Gasteiger partial charge in [0.15, 0.2) is 5.82 Å². The van der Waals surface area contributed by atoms with Crippen LogP contribution in [-0.2, 0) is 0 Å². The average molecular weight is 248 g/mol. The Balaban J connectivity index is 2.43. The largest absolute Gasteiger partial charge is 0.399 e. The fourth-order valence-corrected chi connectivity index (χ4v) is 1.73. The minimum absolute atomic E-state index is 0.136. The molecule has 0 aliphatic carbocycles. The summed E-state index contributed by atoms with van der Waals surface area (Å²) in [6.45, 7) is 3.42. The predicted octanol–water partition coefficient (Wildman–Crippen LogP) is 3.91. The van der Waals surface area contributed by atoms with E-state index in [9.17, 15) is 8.78 Å². The highest BCUT2D eigenvalue weighted by Gasteiger charge is 2.12. The second-order valence-corrected chi connectivity index (χ2v) is 4.25. The first-order chi connectivity index (χ1) is 8.49. The lowest BCUT2D eigenvalue weighted by Crippen LogP contribution is -2.01. The van der Waals surface area contributed by atoms with Crippen molar-refractivity contribution in [1.82, 2.24) is 0 Å². The van der Waals surface area contributed by atoms with E-state index in [0.29, 0.717) is 16.9 Å². The summed E-state index contributed by atoms with van der Waals surface area (Å²) in [7, 11) is 0. The highest BCUT2D eigenvalue weighted by atomic mass is 19.1. The van der Waals surface area contributed by atoms with E-state index in [0.717, 1.165) is 5.56 Å². The van der Waals surface area contributed by atoms with Crippen molar-refractivity contribution in [3.05, 3.63) is 53.1 Å². The fraction of sp³-hybridized carbons (Fsp3) is 0.143. The van der Waals surface area contributed by atoms with Gasteiger partial charge in [-0.05, 0) is 49.2 Å².